The van der Waals surface area contributed by atoms with E-state index in [4.69, 9.17) is 4.99 Å². The van der Waals surface area contributed by atoms with Crippen molar-refractivity contribution in [1.82, 2.24) is 9.62 Å². The number of rotatable bonds is 4. The van der Waals surface area contributed by atoms with Gasteiger partial charge in [-0.1, -0.05) is 41.5 Å². The third-order valence-electron chi connectivity index (χ3n) is 5.24. The largest absolute Gasteiger partial charge is 0.333 e. The van der Waals surface area contributed by atoms with E-state index in [-0.39, 0.29) is 22.1 Å². The van der Waals surface area contributed by atoms with E-state index in [1.165, 1.54) is 5.57 Å². The van der Waals surface area contributed by atoms with Crippen molar-refractivity contribution in [2.24, 2.45) is 21.7 Å². The number of allylic oxidation sites excluding steroid dienone is 1. The minimum absolute atomic E-state index is 0.0344. The lowest BCUT2D eigenvalue weighted by atomic mass is 9.78. The topological polar surface area (TPSA) is 78.8 Å². The maximum absolute atomic E-state index is 12.6. The number of thioether (sulfide) groups is 1. The summed E-state index contributed by atoms with van der Waals surface area (Å²) in [5.74, 6) is 0.148. The number of amides is 1. The molecule has 2 rings (SSSR count). The number of sulfonamides is 1. The third-order valence-corrected chi connectivity index (χ3v) is 6.78. The molecule has 6 nitrogen and oxygen atoms in total. The van der Waals surface area contributed by atoms with Crippen LogP contribution in [0.25, 0.3) is 0 Å². The predicted octanol–water partition coefficient (Wildman–Crippen LogP) is 3.26. The van der Waals surface area contributed by atoms with Gasteiger partial charge >= 0.3 is 0 Å². The molecule has 0 spiro atoms. The van der Waals surface area contributed by atoms with E-state index >= 15 is 0 Å². The summed E-state index contributed by atoms with van der Waals surface area (Å²) in [6, 6.07) is 0.0344. The van der Waals surface area contributed by atoms with Gasteiger partial charge in [-0.25, -0.2) is 8.42 Å². The van der Waals surface area contributed by atoms with E-state index < -0.39 is 21.8 Å². The highest BCUT2D eigenvalue weighted by molar-refractivity contribution is 7.99. The predicted molar refractivity (Wildman–Crippen MR) is 118 cm³/mol. The Bertz CT molecular complexity index is 802. The first-order valence-corrected chi connectivity index (χ1v) is 12.9. The van der Waals surface area contributed by atoms with Gasteiger partial charge in [0.05, 0.1) is 18.2 Å². The van der Waals surface area contributed by atoms with Crippen LogP contribution in [0.1, 0.15) is 54.9 Å². The molecule has 160 valence electrons. The van der Waals surface area contributed by atoms with Crippen molar-refractivity contribution in [2.45, 2.75) is 66.2 Å². The fraction of sp³-hybridized carbons (Fsp3) is 0.800. The Morgan fingerprint density at radius 2 is 1.82 bits per heavy atom. The molecule has 0 saturated carbocycles. The van der Waals surface area contributed by atoms with Gasteiger partial charge in [0, 0.05) is 29.3 Å². The molecule has 2 heterocycles. The zero-order chi connectivity index (χ0) is 21.7. The summed E-state index contributed by atoms with van der Waals surface area (Å²) in [6.45, 7) is 15.7. The molecule has 0 aromatic carbocycles. The zero-order valence-corrected chi connectivity index (χ0v) is 20.2. The first-order chi connectivity index (χ1) is 12.6. The summed E-state index contributed by atoms with van der Waals surface area (Å²) >= 11 is 1.78. The van der Waals surface area contributed by atoms with Crippen molar-refractivity contribution in [3.05, 3.63) is 11.3 Å². The summed E-state index contributed by atoms with van der Waals surface area (Å²) in [7, 11) is -3.57. The molecule has 0 aromatic rings. The standard InChI is InChI=1S/C20H35N3O3S2/c1-12(27-8)15-14-10-13(17(24)22-28(9,25)26)11-23(14)18(20(5,6)7)21-16(15)19(2,3)4/h12-13,16H,10-11H2,1-9H3,(H,22,24)/t12?,13?,16-/m1/s1. The molecule has 3 atom stereocenters. The molecule has 1 amide bonds. The molecule has 1 fully saturated rings. The highest BCUT2D eigenvalue weighted by atomic mass is 32.2. The molecule has 1 saturated heterocycles. The molecule has 0 bridgehead atoms. The summed E-state index contributed by atoms with van der Waals surface area (Å²) in [6.07, 6.45) is 3.66. The summed E-state index contributed by atoms with van der Waals surface area (Å²) in [4.78, 5) is 20.0. The lowest BCUT2D eigenvalue weighted by Gasteiger charge is -2.43. The van der Waals surface area contributed by atoms with E-state index in [2.05, 4.69) is 64.3 Å². The number of carbonyl (C=O) groups excluding carboxylic acids is 1. The fourth-order valence-corrected chi connectivity index (χ4v) is 4.98. The average molecular weight is 430 g/mol. The van der Waals surface area contributed by atoms with Gasteiger partial charge in [-0.05, 0) is 24.2 Å². The van der Waals surface area contributed by atoms with E-state index in [0.717, 1.165) is 17.8 Å². The summed E-state index contributed by atoms with van der Waals surface area (Å²) in [5.41, 5.74) is 2.19. The smallest absolute Gasteiger partial charge is 0.238 e. The van der Waals surface area contributed by atoms with Crippen LogP contribution in [0.5, 0.6) is 0 Å². The third kappa shape index (κ3) is 4.93. The van der Waals surface area contributed by atoms with E-state index in [1.54, 1.807) is 11.8 Å². The number of hydrogen-bond donors (Lipinski definition) is 1. The Hall–Kier alpha value is -1.02. The molecule has 2 aliphatic rings. The molecule has 2 unspecified atom stereocenters. The molecule has 1 N–H and O–H groups in total. The molecule has 8 heteroatoms. The number of hydrogen-bond acceptors (Lipinski definition) is 6. The Morgan fingerprint density at radius 1 is 1.25 bits per heavy atom. The van der Waals surface area contributed by atoms with Crippen LogP contribution in [-0.2, 0) is 14.8 Å². The van der Waals surface area contributed by atoms with Crippen molar-refractivity contribution in [3.63, 3.8) is 0 Å². The van der Waals surface area contributed by atoms with Gasteiger partial charge in [-0.3, -0.25) is 14.5 Å². The Kier molecular flexibility index (Phi) is 6.37. The SMILES string of the molecule is CSC(C)C1=C2CC(C(=O)NS(C)(=O)=O)CN2C(C(C)(C)C)=N[C@H]1C(C)(C)C. The molecule has 0 aromatic heterocycles. The number of amidine groups is 1. The van der Waals surface area contributed by atoms with Crippen molar-refractivity contribution < 1.29 is 13.2 Å². The van der Waals surface area contributed by atoms with E-state index in [9.17, 15) is 13.2 Å². The number of carbonyl (C=O) groups is 1. The van der Waals surface area contributed by atoms with Gasteiger partial charge in [-0.2, -0.15) is 11.8 Å². The average Bonchev–Trinajstić information content (AvgIpc) is 2.93. The second-order valence-corrected chi connectivity index (χ2v) is 12.9. The Labute approximate surface area is 174 Å². The molecular formula is C20H35N3O3S2. The van der Waals surface area contributed by atoms with Gasteiger partial charge in [0.25, 0.3) is 0 Å². The fourth-order valence-electron chi connectivity index (χ4n) is 3.93. The van der Waals surface area contributed by atoms with Crippen LogP contribution in [0.15, 0.2) is 16.3 Å². The van der Waals surface area contributed by atoms with Crippen molar-refractivity contribution in [2.75, 3.05) is 19.1 Å². The monoisotopic (exact) mass is 429 g/mol. The van der Waals surface area contributed by atoms with Crippen LogP contribution in [0.3, 0.4) is 0 Å². The van der Waals surface area contributed by atoms with Gasteiger partial charge < -0.3 is 4.90 Å². The summed E-state index contributed by atoms with van der Waals surface area (Å²) < 4.78 is 25.3. The molecular weight excluding hydrogens is 394 g/mol. The minimum Gasteiger partial charge on any atom is -0.333 e. The van der Waals surface area contributed by atoms with Gasteiger partial charge in [0.15, 0.2) is 0 Å². The van der Waals surface area contributed by atoms with Crippen molar-refractivity contribution >= 4 is 33.5 Å². The first-order valence-electron chi connectivity index (χ1n) is 9.69. The lowest BCUT2D eigenvalue weighted by molar-refractivity contribution is -0.122. The Balaban J connectivity index is 2.58. The lowest BCUT2D eigenvalue weighted by Crippen LogP contribution is -2.46. The highest BCUT2D eigenvalue weighted by Gasteiger charge is 2.46. The second kappa shape index (κ2) is 7.67. The quantitative estimate of drug-likeness (QED) is 0.742. The zero-order valence-electron chi connectivity index (χ0n) is 18.6. The van der Waals surface area contributed by atoms with Crippen LogP contribution in [0.4, 0.5) is 0 Å². The van der Waals surface area contributed by atoms with E-state index in [0.29, 0.717) is 13.0 Å². The van der Waals surface area contributed by atoms with Crippen LogP contribution < -0.4 is 4.72 Å². The number of aliphatic imine (C=N–C) groups is 1. The molecule has 2 aliphatic heterocycles. The number of nitrogens with zero attached hydrogens (tertiary/aromatic N) is 2. The maximum atomic E-state index is 12.6. The Morgan fingerprint density at radius 3 is 2.25 bits per heavy atom. The minimum atomic E-state index is -3.57. The van der Waals surface area contributed by atoms with Crippen molar-refractivity contribution in [1.29, 1.82) is 0 Å². The normalized spacial score (nSPS) is 24.8. The number of nitrogens with one attached hydrogen (secondary N) is 1. The van der Waals surface area contributed by atoms with Crippen LogP contribution in [0.2, 0.25) is 0 Å². The van der Waals surface area contributed by atoms with E-state index in [1.807, 2.05) is 0 Å². The van der Waals surface area contributed by atoms with Gasteiger partial charge in [0.1, 0.15) is 5.84 Å². The van der Waals surface area contributed by atoms with Crippen molar-refractivity contribution in [3.8, 4) is 0 Å². The van der Waals surface area contributed by atoms with Gasteiger partial charge in [-0.15, -0.1) is 0 Å². The van der Waals surface area contributed by atoms with Crippen LogP contribution >= 0.6 is 11.8 Å². The maximum Gasteiger partial charge on any atom is 0.238 e. The second-order valence-electron chi connectivity index (χ2n) is 10.0. The summed E-state index contributed by atoms with van der Waals surface area (Å²) in [5, 5.41) is 0.267. The van der Waals surface area contributed by atoms with Crippen LogP contribution in [0, 0.1) is 16.7 Å². The molecule has 28 heavy (non-hydrogen) atoms. The van der Waals surface area contributed by atoms with Gasteiger partial charge in [0.2, 0.25) is 15.9 Å². The first kappa shape index (κ1) is 23.3. The number of fused-ring (bicyclic) bond motifs is 1. The molecule has 0 radical (unpaired) electrons. The molecule has 0 aliphatic carbocycles. The highest BCUT2D eigenvalue weighted by Crippen LogP contribution is 2.45. The van der Waals surface area contributed by atoms with Crippen LogP contribution in [-0.4, -0.2) is 55.4 Å².